The van der Waals surface area contributed by atoms with Gasteiger partial charge in [0.2, 0.25) is 0 Å². The van der Waals surface area contributed by atoms with Crippen LogP contribution in [0.5, 0.6) is 0 Å². The second-order valence-electron chi connectivity index (χ2n) is 7.53. The first-order chi connectivity index (χ1) is 14.3. The number of thiazole rings is 1. The van der Waals surface area contributed by atoms with E-state index < -0.39 is 0 Å². The van der Waals surface area contributed by atoms with Gasteiger partial charge in [0.1, 0.15) is 0 Å². The first-order valence-corrected chi connectivity index (χ1v) is 10.9. The number of nitrogens with zero attached hydrogens (tertiary/aromatic N) is 2. The molecule has 1 aromatic heterocycles. The van der Waals surface area contributed by atoms with E-state index in [1.165, 1.54) is 15.3 Å². The fraction of sp³-hybridized carbons (Fsp3) is 0.200. The molecule has 3 aromatic carbocycles. The summed E-state index contributed by atoms with van der Waals surface area (Å²) in [5.74, 6) is 0.587. The molecule has 1 fully saturated rings. The second kappa shape index (κ2) is 7.80. The molecule has 1 aliphatic rings. The number of aromatic nitrogens is 1. The van der Waals surface area contributed by atoms with Crippen molar-refractivity contribution in [2.45, 2.75) is 18.8 Å². The molecule has 4 aromatic rings. The normalized spacial score (nSPS) is 15.0. The van der Waals surface area contributed by atoms with Crippen molar-refractivity contribution in [2.24, 2.45) is 0 Å². The van der Waals surface area contributed by atoms with Gasteiger partial charge in [0.05, 0.1) is 15.2 Å². The van der Waals surface area contributed by atoms with Gasteiger partial charge in [0.25, 0.3) is 5.91 Å². The predicted octanol–water partition coefficient (Wildman–Crippen LogP) is 5.98. The van der Waals surface area contributed by atoms with E-state index in [4.69, 9.17) is 4.98 Å². The van der Waals surface area contributed by atoms with Gasteiger partial charge in [-0.1, -0.05) is 54.6 Å². The van der Waals surface area contributed by atoms with Crippen LogP contribution in [0.15, 0.2) is 78.9 Å². The lowest BCUT2D eigenvalue weighted by molar-refractivity contribution is 0.0713. The number of amides is 1. The number of likely N-dealkylation sites (tertiary alicyclic amines) is 1. The van der Waals surface area contributed by atoms with Crippen molar-refractivity contribution in [1.82, 2.24) is 9.88 Å². The van der Waals surface area contributed by atoms with E-state index in [9.17, 15) is 4.79 Å². The topological polar surface area (TPSA) is 33.2 Å². The number of fused-ring (bicyclic) bond motifs is 1. The molecule has 29 heavy (non-hydrogen) atoms. The highest BCUT2D eigenvalue weighted by molar-refractivity contribution is 7.18. The highest BCUT2D eigenvalue weighted by Gasteiger charge is 2.26. The smallest absolute Gasteiger partial charge is 0.253 e. The molecule has 1 aliphatic heterocycles. The van der Waals surface area contributed by atoms with Gasteiger partial charge in [-0.2, -0.15) is 0 Å². The number of piperidine rings is 1. The Kier molecular flexibility index (Phi) is 4.86. The number of para-hydroxylation sites is 1. The summed E-state index contributed by atoms with van der Waals surface area (Å²) in [7, 11) is 0. The van der Waals surface area contributed by atoms with Crippen LogP contribution in [0.25, 0.3) is 21.3 Å². The van der Waals surface area contributed by atoms with E-state index in [0.29, 0.717) is 5.92 Å². The summed E-state index contributed by atoms with van der Waals surface area (Å²) >= 11 is 1.79. The molecule has 0 N–H and O–H groups in total. The van der Waals surface area contributed by atoms with Crippen LogP contribution in [0.2, 0.25) is 0 Å². The van der Waals surface area contributed by atoms with Crippen LogP contribution in [0.3, 0.4) is 0 Å². The highest BCUT2D eigenvalue weighted by atomic mass is 32.1. The molecule has 1 amide bonds. The van der Waals surface area contributed by atoms with Crippen molar-refractivity contribution in [3.05, 3.63) is 89.4 Å². The van der Waals surface area contributed by atoms with Crippen LogP contribution in [0, 0.1) is 0 Å². The standard InChI is InChI=1S/C25H22N2OS/c28-25(21-12-10-19(11-13-21)18-6-2-1-3-7-18)27-16-14-20(15-17-27)24-26-22-8-4-5-9-23(22)29-24/h1-13,20H,14-17H2. The minimum absolute atomic E-state index is 0.132. The number of benzene rings is 3. The van der Waals surface area contributed by atoms with E-state index in [2.05, 4.69) is 30.3 Å². The van der Waals surface area contributed by atoms with Gasteiger partial charge in [-0.15, -0.1) is 11.3 Å². The third kappa shape index (κ3) is 3.68. The summed E-state index contributed by atoms with van der Waals surface area (Å²) in [6.07, 6.45) is 1.96. The Morgan fingerprint density at radius 1 is 0.828 bits per heavy atom. The van der Waals surface area contributed by atoms with E-state index in [-0.39, 0.29) is 5.91 Å². The lowest BCUT2D eigenvalue weighted by Crippen LogP contribution is -2.37. The number of carbonyl (C=O) groups is 1. The summed E-state index contributed by atoms with van der Waals surface area (Å²) < 4.78 is 1.25. The monoisotopic (exact) mass is 398 g/mol. The van der Waals surface area contributed by atoms with Crippen molar-refractivity contribution >= 4 is 27.5 Å². The maximum Gasteiger partial charge on any atom is 0.253 e. The zero-order valence-corrected chi connectivity index (χ0v) is 16.9. The average molecular weight is 399 g/mol. The lowest BCUT2D eigenvalue weighted by atomic mass is 9.96. The van der Waals surface area contributed by atoms with Gasteiger partial charge in [0, 0.05) is 24.6 Å². The van der Waals surface area contributed by atoms with Crippen molar-refractivity contribution in [2.75, 3.05) is 13.1 Å². The van der Waals surface area contributed by atoms with E-state index in [1.54, 1.807) is 11.3 Å². The molecule has 3 nitrogen and oxygen atoms in total. The van der Waals surface area contributed by atoms with Gasteiger partial charge in [-0.3, -0.25) is 4.79 Å². The Morgan fingerprint density at radius 3 is 2.21 bits per heavy atom. The number of hydrogen-bond acceptors (Lipinski definition) is 3. The van der Waals surface area contributed by atoms with Gasteiger partial charge in [-0.25, -0.2) is 4.98 Å². The molecule has 4 heteroatoms. The third-order valence-electron chi connectivity index (χ3n) is 5.68. The molecule has 0 aliphatic carbocycles. The summed E-state index contributed by atoms with van der Waals surface area (Å²) in [6.45, 7) is 1.58. The Balaban J connectivity index is 1.25. The van der Waals surface area contributed by atoms with Gasteiger partial charge >= 0.3 is 0 Å². The zero-order valence-electron chi connectivity index (χ0n) is 16.1. The summed E-state index contributed by atoms with van der Waals surface area (Å²) in [5.41, 5.74) is 4.16. The quantitative estimate of drug-likeness (QED) is 0.425. The van der Waals surface area contributed by atoms with Gasteiger partial charge < -0.3 is 4.90 Å². The highest BCUT2D eigenvalue weighted by Crippen LogP contribution is 2.34. The van der Waals surface area contributed by atoms with Gasteiger partial charge in [0.15, 0.2) is 0 Å². The Hall–Kier alpha value is -2.98. The van der Waals surface area contributed by atoms with Crippen LogP contribution < -0.4 is 0 Å². The molecule has 0 radical (unpaired) electrons. The van der Waals surface area contributed by atoms with Crippen LogP contribution in [-0.4, -0.2) is 28.9 Å². The van der Waals surface area contributed by atoms with Crippen LogP contribution in [0.4, 0.5) is 0 Å². The van der Waals surface area contributed by atoms with Crippen molar-refractivity contribution < 1.29 is 4.79 Å². The SMILES string of the molecule is O=C(c1ccc(-c2ccccc2)cc1)N1CCC(c2nc3ccccc3s2)CC1. The van der Waals surface area contributed by atoms with Crippen molar-refractivity contribution in [3.63, 3.8) is 0 Å². The van der Waals surface area contributed by atoms with Crippen molar-refractivity contribution in [1.29, 1.82) is 0 Å². The van der Waals surface area contributed by atoms with E-state index in [0.717, 1.165) is 42.6 Å². The largest absolute Gasteiger partial charge is 0.339 e. The predicted molar refractivity (Wildman–Crippen MR) is 119 cm³/mol. The molecule has 5 rings (SSSR count). The molecule has 1 saturated heterocycles. The summed E-state index contributed by atoms with van der Waals surface area (Å²) in [5, 5.41) is 1.21. The Labute approximate surface area is 174 Å². The number of rotatable bonds is 3. The average Bonchev–Trinajstić information content (AvgIpc) is 3.24. The molecule has 0 bridgehead atoms. The fourth-order valence-electron chi connectivity index (χ4n) is 4.01. The third-order valence-corrected chi connectivity index (χ3v) is 6.88. The lowest BCUT2D eigenvalue weighted by Gasteiger charge is -2.31. The summed E-state index contributed by atoms with van der Waals surface area (Å²) in [6, 6.07) is 26.5. The minimum Gasteiger partial charge on any atom is -0.339 e. The van der Waals surface area contributed by atoms with Crippen LogP contribution >= 0.6 is 11.3 Å². The summed E-state index contributed by atoms with van der Waals surface area (Å²) in [4.78, 5) is 19.7. The molecule has 2 heterocycles. The molecule has 0 atom stereocenters. The Morgan fingerprint density at radius 2 is 1.48 bits per heavy atom. The van der Waals surface area contributed by atoms with Gasteiger partial charge in [-0.05, 0) is 48.2 Å². The zero-order chi connectivity index (χ0) is 19.6. The molecular formula is C25H22N2OS. The molecule has 144 valence electrons. The fourth-order valence-corrected chi connectivity index (χ4v) is 5.15. The first-order valence-electron chi connectivity index (χ1n) is 10.1. The second-order valence-corrected chi connectivity index (χ2v) is 8.59. The number of carbonyl (C=O) groups excluding carboxylic acids is 1. The van der Waals surface area contributed by atoms with Crippen molar-refractivity contribution in [3.8, 4) is 11.1 Å². The first kappa shape index (κ1) is 18.1. The van der Waals surface area contributed by atoms with Crippen LogP contribution in [0.1, 0.15) is 34.1 Å². The maximum atomic E-state index is 12.9. The molecule has 0 saturated carbocycles. The van der Waals surface area contributed by atoms with Crippen LogP contribution in [-0.2, 0) is 0 Å². The number of hydrogen-bond donors (Lipinski definition) is 0. The molecule has 0 unspecified atom stereocenters. The maximum absolute atomic E-state index is 12.9. The Bertz CT molecular complexity index is 1090. The van der Waals surface area contributed by atoms with E-state index >= 15 is 0 Å². The molecule has 0 spiro atoms. The van der Waals surface area contributed by atoms with E-state index in [1.807, 2.05) is 53.4 Å². The minimum atomic E-state index is 0.132. The molecular weight excluding hydrogens is 376 g/mol.